The summed E-state index contributed by atoms with van der Waals surface area (Å²) < 4.78 is 86.5. The Kier molecular flexibility index (Phi) is 7.73. The molecule has 14 heteroatoms. The molecule has 0 spiro atoms. The number of para-hydroxylation sites is 1. The Morgan fingerprint density at radius 3 is 2.21 bits per heavy atom. The number of halogens is 4. The van der Waals surface area contributed by atoms with Gasteiger partial charge in [-0.1, -0.05) is 30.3 Å². The minimum Gasteiger partial charge on any atom is -0.404 e. The van der Waals surface area contributed by atoms with Gasteiger partial charge >= 0.3 is 6.36 Å². The Bertz CT molecular complexity index is 1770. The van der Waals surface area contributed by atoms with Crippen LogP contribution in [0.5, 0.6) is 5.75 Å². The summed E-state index contributed by atoms with van der Waals surface area (Å²) in [6.45, 7) is 0.220. The molecule has 1 N–H and O–H groups in total. The van der Waals surface area contributed by atoms with Gasteiger partial charge in [0.1, 0.15) is 10.7 Å². The van der Waals surface area contributed by atoms with E-state index in [2.05, 4.69) is 14.4 Å². The number of carbonyl (C=O) groups excluding carboxylic acids is 2. The summed E-state index contributed by atoms with van der Waals surface area (Å²) in [6.07, 6.45) is -3.81. The molecule has 0 bridgehead atoms. The van der Waals surface area contributed by atoms with Crippen LogP contribution in [0, 0.1) is 5.82 Å². The van der Waals surface area contributed by atoms with Crippen molar-refractivity contribution in [3.05, 3.63) is 95.9 Å². The van der Waals surface area contributed by atoms with Crippen molar-refractivity contribution in [2.24, 2.45) is 0 Å². The van der Waals surface area contributed by atoms with E-state index in [0.717, 1.165) is 18.2 Å². The van der Waals surface area contributed by atoms with E-state index in [9.17, 15) is 35.6 Å². The lowest BCUT2D eigenvalue weighted by molar-refractivity contribution is -0.274. The number of alkyl halides is 3. The molecule has 9 nitrogen and oxygen atoms in total. The minimum absolute atomic E-state index is 0.0386. The number of piperazine rings is 1. The smallest absolute Gasteiger partial charge is 0.404 e. The van der Waals surface area contributed by atoms with Crippen LogP contribution in [0.15, 0.2) is 83.9 Å². The Morgan fingerprint density at radius 1 is 0.857 bits per heavy atom. The highest BCUT2D eigenvalue weighted by atomic mass is 32.2. The van der Waals surface area contributed by atoms with Gasteiger partial charge in [0.25, 0.3) is 21.8 Å². The third-order valence-corrected chi connectivity index (χ3v) is 7.94. The van der Waals surface area contributed by atoms with Gasteiger partial charge in [0.2, 0.25) is 0 Å². The quantitative estimate of drug-likeness (QED) is 0.322. The van der Waals surface area contributed by atoms with E-state index >= 15 is 0 Å². The van der Waals surface area contributed by atoms with Crippen LogP contribution >= 0.6 is 0 Å². The Labute approximate surface area is 237 Å². The topological polar surface area (TPSA) is 109 Å². The molecule has 1 fully saturated rings. The standard InChI is InChI=1S/C28H22F4N4O5S/c29-21-8-2-1-7-20(21)27(38)36-15-13-35(14-16-36)26(37)19-10-11-22(23(17-19)41-28(30,31)32)34-42(39,40)24-9-3-5-18-6-4-12-33-25(18)24/h1-12,17,34H,13-16H2. The summed E-state index contributed by atoms with van der Waals surface area (Å²) in [4.78, 5) is 32.3. The van der Waals surface area contributed by atoms with E-state index in [1.54, 1.807) is 18.2 Å². The number of anilines is 1. The van der Waals surface area contributed by atoms with Crippen molar-refractivity contribution in [1.29, 1.82) is 0 Å². The molecule has 2 amide bonds. The number of hydrogen-bond acceptors (Lipinski definition) is 6. The van der Waals surface area contributed by atoms with Gasteiger partial charge in [0, 0.05) is 43.3 Å². The van der Waals surface area contributed by atoms with Gasteiger partial charge in [-0.2, -0.15) is 0 Å². The van der Waals surface area contributed by atoms with Crippen LogP contribution in [0.2, 0.25) is 0 Å². The second kappa shape index (κ2) is 11.3. The maximum Gasteiger partial charge on any atom is 0.573 e. The van der Waals surface area contributed by atoms with Crippen molar-refractivity contribution < 1.29 is 40.3 Å². The summed E-state index contributed by atoms with van der Waals surface area (Å²) in [6, 6.07) is 16.1. The SMILES string of the molecule is O=C(c1ccc(NS(=O)(=O)c2cccc3cccnc23)c(OC(F)(F)F)c1)N1CCN(C(=O)c2ccccc2F)CC1. The zero-order valence-electron chi connectivity index (χ0n) is 21.6. The van der Waals surface area contributed by atoms with Gasteiger partial charge in [0.05, 0.1) is 16.8 Å². The number of fused-ring (bicyclic) bond motifs is 1. The van der Waals surface area contributed by atoms with Crippen LogP contribution in [0.1, 0.15) is 20.7 Å². The van der Waals surface area contributed by atoms with Crippen LogP contribution in [0.4, 0.5) is 23.2 Å². The molecule has 5 rings (SSSR count). The number of amides is 2. The number of rotatable bonds is 6. The lowest BCUT2D eigenvalue weighted by Gasteiger charge is -2.35. The average molecular weight is 603 g/mol. The first-order chi connectivity index (χ1) is 19.9. The molecule has 0 atom stereocenters. The molecule has 1 saturated heterocycles. The second-order valence-corrected chi connectivity index (χ2v) is 10.9. The molecule has 42 heavy (non-hydrogen) atoms. The fourth-order valence-corrected chi connectivity index (χ4v) is 5.79. The average Bonchev–Trinajstić information content (AvgIpc) is 2.96. The Balaban J connectivity index is 1.36. The number of ether oxygens (including phenoxy) is 1. The number of nitrogens with zero attached hydrogens (tertiary/aromatic N) is 3. The Hall–Kier alpha value is -4.72. The van der Waals surface area contributed by atoms with Crippen molar-refractivity contribution >= 4 is 38.4 Å². The largest absolute Gasteiger partial charge is 0.573 e. The fourth-order valence-electron chi connectivity index (χ4n) is 4.54. The minimum atomic E-state index is -5.19. The molecule has 0 radical (unpaired) electrons. The van der Waals surface area contributed by atoms with Crippen LogP contribution in [-0.4, -0.2) is 67.6 Å². The molecule has 0 aliphatic carbocycles. The Morgan fingerprint density at radius 2 is 1.52 bits per heavy atom. The van der Waals surface area contributed by atoms with Gasteiger partial charge in [-0.05, 0) is 42.5 Å². The predicted octanol–water partition coefficient (Wildman–Crippen LogP) is 4.67. The van der Waals surface area contributed by atoms with Gasteiger partial charge in [-0.25, -0.2) is 12.8 Å². The summed E-state index contributed by atoms with van der Waals surface area (Å²) in [7, 11) is -4.43. The molecule has 1 aliphatic heterocycles. The van der Waals surface area contributed by atoms with E-state index in [1.807, 2.05) is 0 Å². The zero-order chi connectivity index (χ0) is 30.1. The van der Waals surface area contributed by atoms with Gasteiger partial charge in [-0.15, -0.1) is 13.2 Å². The first-order valence-electron chi connectivity index (χ1n) is 12.5. The number of sulfonamides is 1. The molecule has 4 aromatic rings. The van der Waals surface area contributed by atoms with Gasteiger partial charge in [0.15, 0.2) is 5.75 Å². The van der Waals surface area contributed by atoms with E-state index in [1.165, 1.54) is 52.4 Å². The summed E-state index contributed by atoms with van der Waals surface area (Å²) in [5, 5.41) is 0.504. The third kappa shape index (κ3) is 6.12. The van der Waals surface area contributed by atoms with Crippen LogP contribution in [0.3, 0.4) is 0 Å². The highest BCUT2D eigenvalue weighted by Gasteiger charge is 2.34. The number of pyridine rings is 1. The first kappa shape index (κ1) is 28.8. The number of carbonyl (C=O) groups is 2. The summed E-state index contributed by atoms with van der Waals surface area (Å²) in [5.74, 6) is -2.81. The maximum atomic E-state index is 14.0. The molecule has 1 aliphatic rings. The lowest BCUT2D eigenvalue weighted by atomic mass is 10.1. The van der Waals surface area contributed by atoms with E-state index in [-0.39, 0.29) is 47.7 Å². The van der Waals surface area contributed by atoms with Crippen molar-refractivity contribution in [1.82, 2.24) is 14.8 Å². The van der Waals surface area contributed by atoms with E-state index < -0.39 is 45.5 Å². The molecule has 3 aromatic carbocycles. The zero-order valence-corrected chi connectivity index (χ0v) is 22.5. The maximum absolute atomic E-state index is 14.0. The number of benzene rings is 3. The number of hydrogen-bond donors (Lipinski definition) is 1. The first-order valence-corrected chi connectivity index (χ1v) is 14.0. The molecular weight excluding hydrogens is 580 g/mol. The second-order valence-electron chi connectivity index (χ2n) is 9.26. The van der Waals surface area contributed by atoms with E-state index in [0.29, 0.717) is 5.39 Å². The van der Waals surface area contributed by atoms with Crippen molar-refractivity contribution in [2.75, 3.05) is 30.9 Å². The lowest BCUT2D eigenvalue weighted by Crippen LogP contribution is -2.50. The van der Waals surface area contributed by atoms with Crippen LogP contribution in [0.25, 0.3) is 10.9 Å². The van der Waals surface area contributed by atoms with Gasteiger partial charge in [-0.3, -0.25) is 19.3 Å². The van der Waals surface area contributed by atoms with Crippen LogP contribution in [-0.2, 0) is 10.0 Å². The molecular formula is C28H22F4N4O5S. The third-order valence-electron chi connectivity index (χ3n) is 6.54. The van der Waals surface area contributed by atoms with Crippen LogP contribution < -0.4 is 9.46 Å². The van der Waals surface area contributed by atoms with Crippen molar-refractivity contribution in [2.45, 2.75) is 11.3 Å². The normalized spacial score (nSPS) is 14.1. The monoisotopic (exact) mass is 602 g/mol. The molecule has 0 saturated carbocycles. The predicted molar refractivity (Wildman–Crippen MR) is 144 cm³/mol. The molecule has 2 heterocycles. The highest BCUT2D eigenvalue weighted by Crippen LogP contribution is 2.34. The summed E-state index contributed by atoms with van der Waals surface area (Å²) >= 11 is 0. The molecule has 0 unspecified atom stereocenters. The summed E-state index contributed by atoms with van der Waals surface area (Å²) in [5.41, 5.74) is -0.733. The van der Waals surface area contributed by atoms with E-state index in [4.69, 9.17) is 0 Å². The number of aromatic nitrogens is 1. The molecule has 1 aromatic heterocycles. The van der Waals surface area contributed by atoms with Gasteiger partial charge < -0.3 is 14.5 Å². The number of nitrogens with one attached hydrogen (secondary N) is 1. The van der Waals surface area contributed by atoms with Crippen molar-refractivity contribution in [3.63, 3.8) is 0 Å². The fraction of sp³-hybridized carbons (Fsp3) is 0.179. The molecule has 218 valence electrons. The highest BCUT2D eigenvalue weighted by molar-refractivity contribution is 7.93. The van der Waals surface area contributed by atoms with Crippen molar-refractivity contribution in [3.8, 4) is 5.75 Å².